The van der Waals surface area contributed by atoms with Gasteiger partial charge in [0.2, 0.25) is 6.10 Å². The molecule has 0 radical (unpaired) electrons. The molecule has 2 aliphatic carbocycles. The molecule has 2 aromatic carbocycles. The lowest BCUT2D eigenvalue weighted by molar-refractivity contribution is -0.183. The van der Waals surface area contributed by atoms with Crippen molar-refractivity contribution in [3.63, 3.8) is 0 Å². The summed E-state index contributed by atoms with van der Waals surface area (Å²) in [5.74, 6) is -8.92. The number of hydrogen-bond donors (Lipinski definition) is 0. The molecule has 4 rings (SSSR count). The minimum Gasteiger partial charge on any atom is -0.458 e. The number of ether oxygens (including phenoxy) is 5. The fourth-order valence-corrected chi connectivity index (χ4v) is 6.95. The maximum atomic E-state index is 14.8. The van der Waals surface area contributed by atoms with Gasteiger partial charge in [-0.3, -0.25) is 24.0 Å². The molecule has 2 aliphatic rings. The van der Waals surface area contributed by atoms with Gasteiger partial charge in [0.25, 0.3) is 0 Å². The molecule has 0 amide bonds. The highest BCUT2D eigenvalue weighted by molar-refractivity contribution is 5.96. The summed E-state index contributed by atoms with van der Waals surface area (Å²) in [5, 5.41) is 0. The second kappa shape index (κ2) is 15.9. The van der Waals surface area contributed by atoms with E-state index in [4.69, 9.17) is 23.7 Å². The highest BCUT2D eigenvalue weighted by Crippen LogP contribution is 2.51. The van der Waals surface area contributed by atoms with Gasteiger partial charge >= 0.3 is 29.8 Å². The lowest BCUT2D eigenvalue weighted by atomic mass is 9.72. The summed E-state index contributed by atoms with van der Waals surface area (Å²) < 4.78 is 29.5. The third kappa shape index (κ3) is 8.38. The van der Waals surface area contributed by atoms with Crippen LogP contribution >= 0.6 is 0 Å². The normalized spacial score (nSPS) is 29.3. The lowest BCUT2D eigenvalue weighted by Gasteiger charge is -2.42. The lowest BCUT2D eigenvalue weighted by Crippen LogP contribution is -2.58. The van der Waals surface area contributed by atoms with Crippen molar-refractivity contribution in [2.75, 3.05) is 0 Å². The van der Waals surface area contributed by atoms with E-state index < -0.39 is 94.6 Å². The number of benzene rings is 2. The first-order chi connectivity index (χ1) is 24.4. The van der Waals surface area contributed by atoms with E-state index in [1.165, 1.54) is 50.3 Å². The largest absolute Gasteiger partial charge is 0.458 e. The number of rotatable bonds is 7. The summed E-state index contributed by atoms with van der Waals surface area (Å²) in [6.45, 7) is 13.7. The molecule has 0 aromatic heterocycles. The van der Waals surface area contributed by atoms with Gasteiger partial charge in [0, 0.05) is 44.1 Å². The van der Waals surface area contributed by atoms with Gasteiger partial charge in [-0.05, 0) is 44.0 Å². The molecule has 2 aromatic rings. The molecule has 0 heterocycles. The topological polar surface area (TPSA) is 166 Å². The molecule has 52 heavy (non-hydrogen) atoms. The maximum absolute atomic E-state index is 14.8. The first kappa shape index (κ1) is 39.4. The van der Waals surface area contributed by atoms with Gasteiger partial charge < -0.3 is 23.7 Å². The summed E-state index contributed by atoms with van der Waals surface area (Å²) in [7, 11) is 0. The van der Waals surface area contributed by atoms with Gasteiger partial charge in [0.05, 0.1) is 17.0 Å². The predicted molar refractivity (Wildman–Crippen MR) is 185 cm³/mol. The van der Waals surface area contributed by atoms with Gasteiger partial charge in [0.15, 0.2) is 23.3 Å². The number of hydrogen-bond acceptors (Lipinski definition) is 12. The van der Waals surface area contributed by atoms with Crippen LogP contribution in [-0.4, -0.2) is 71.4 Å². The Hall–Kier alpha value is -5.39. The molecule has 1 fully saturated rings. The van der Waals surface area contributed by atoms with Gasteiger partial charge in [-0.2, -0.15) is 0 Å². The summed E-state index contributed by atoms with van der Waals surface area (Å²) >= 11 is 0. The van der Waals surface area contributed by atoms with Gasteiger partial charge in [-0.25, -0.2) is 9.59 Å². The Balaban J connectivity index is 2.05. The molecule has 1 saturated carbocycles. The number of Topliss-reactive ketones (excluding diaryl/α,β-unsaturated/α-hetero) is 2. The fraction of sp³-hybridized carbons (Fsp3) is 0.425. The van der Waals surface area contributed by atoms with Crippen molar-refractivity contribution in [2.24, 2.45) is 23.2 Å². The quantitative estimate of drug-likeness (QED) is 0.210. The predicted octanol–water partition coefficient (Wildman–Crippen LogP) is 5.19. The second-order valence-corrected chi connectivity index (χ2v) is 13.9. The van der Waals surface area contributed by atoms with Gasteiger partial charge in [-0.15, -0.1) is 0 Å². The van der Waals surface area contributed by atoms with Crippen molar-refractivity contribution >= 4 is 41.4 Å². The first-order valence-electron chi connectivity index (χ1n) is 16.9. The molecule has 276 valence electrons. The van der Waals surface area contributed by atoms with Crippen LogP contribution in [0.4, 0.5) is 0 Å². The minimum atomic E-state index is -2.10. The van der Waals surface area contributed by atoms with E-state index in [0.717, 1.165) is 20.8 Å². The summed E-state index contributed by atoms with van der Waals surface area (Å²) in [6, 6.07) is 15.8. The molecular formula is C40H44O12. The zero-order valence-corrected chi connectivity index (χ0v) is 30.3. The SMILES string of the molecule is C=C1[C@H](OC(C)=O)[C@H]2[C@@H](OC(=O)c3ccccc3)[C@@H](C)C[C@]2(OC(C)=O)C(=O)[C@@H](C)/C=C/C(C)(C)C(=O)[C@H](OC(C)=O)[C@H]1OC(=O)c1ccccc1. The van der Waals surface area contributed by atoms with Crippen LogP contribution < -0.4 is 0 Å². The molecule has 0 spiro atoms. The first-order valence-corrected chi connectivity index (χ1v) is 16.9. The number of allylic oxidation sites excluding steroid dienone is 2. The molecular weight excluding hydrogens is 672 g/mol. The summed E-state index contributed by atoms with van der Waals surface area (Å²) in [6.07, 6.45) is -3.92. The maximum Gasteiger partial charge on any atom is 0.338 e. The Bertz CT molecular complexity index is 1760. The molecule has 12 nitrogen and oxygen atoms in total. The smallest absolute Gasteiger partial charge is 0.338 e. The van der Waals surface area contributed by atoms with Crippen molar-refractivity contribution in [3.05, 3.63) is 96.1 Å². The Kier molecular flexibility index (Phi) is 12.0. The molecule has 0 bridgehead atoms. The van der Waals surface area contributed by atoms with E-state index >= 15 is 0 Å². The molecule has 8 atom stereocenters. The van der Waals surface area contributed by atoms with E-state index in [1.54, 1.807) is 50.2 Å². The Labute approximate surface area is 302 Å². The van der Waals surface area contributed by atoms with E-state index in [1.807, 2.05) is 0 Å². The van der Waals surface area contributed by atoms with E-state index in [0.29, 0.717) is 0 Å². The van der Waals surface area contributed by atoms with Crippen molar-refractivity contribution in [1.29, 1.82) is 0 Å². The molecule has 12 heteroatoms. The van der Waals surface area contributed by atoms with Crippen LogP contribution in [0.3, 0.4) is 0 Å². The van der Waals surface area contributed by atoms with Gasteiger partial charge in [-0.1, -0.05) is 69.0 Å². The third-order valence-corrected chi connectivity index (χ3v) is 9.34. The van der Waals surface area contributed by atoms with E-state index in [-0.39, 0.29) is 23.1 Å². The van der Waals surface area contributed by atoms with Crippen LogP contribution in [0.2, 0.25) is 0 Å². The highest BCUT2D eigenvalue weighted by atomic mass is 16.6. The number of ketones is 2. The highest BCUT2D eigenvalue weighted by Gasteiger charge is 2.66. The molecule has 0 unspecified atom stereocenters. The van der Waals surface area contributed by atoms with Crippen LogP contribution in [0.15, 0.2) is 85.0 Å². The Morgan fingerprint density at radius 2 is 1.17 bits per heavy atom. The Morgan fingerprint density at radius 1 is 0.673 bits per heavy atom. The van der Waals surface area contributed by atoms with Crippen LogP contribution in [0.1, 0.15) is 75.6 Å². The summed E-state index contributed by atoms with van der Waals surface area (Å²) in [4.78, 5) is 94.9. The van der Waals surface area contributed by atoms with Crippen LogP contribution in [0, 0.1) is 23.2 Å². The monoisotopic (exact) mass is 716 g/mol. The van der Waals surface area contributed by atoms with E-state index in [2.05, 4.69) is 6.58 Å². The zero-order chi connectivity index (χ0) is 38.5. The van der Waals surface area contributed by atoms with Crippen molar-refractivity contribution in [2.45, 2.75) is 84.9 Å². The van der Waals surface area contributed by atoms with Crippen molar-refractivity contribution in [1.82, 2.24) is 0 Å². The van der Waals surface area contributed by atoms with Crippen LogP contribution in [0.25, 0.3) is 0 Å². The molecule has 0 aliphatic heterocycles. The molecule has 0 saturated heterocycles. The third-order valence-electron chi connectivity index (χ3n) is 9.34. The summed E-state index contributed by atoms with van der Waals surface area (Å²) in [5.41, 5.74) is -3.58. The second-order valence-electron chi connectivity index (χ2n) is 13.9. The number of esters is 5. The number of carbonyl (C=O) groups excluding carboxylic acids is 7. The number of fused-ring (bicyclic) bond motifs is 1. The standard InChI is InChI=1S/C40H44O12/c1-22-19-20-39(7,8)36(45)34(49-26(5)42)33(51-38(47)29-17-13-10-14-18-29)24(3)32(48-25(4)41)30-31(50-37(46)28-15-11-9-12-16-28)23(2)21-40(30,35(22)44)52-27(6)43/h9-20,22-23,30-34H,3,21H2,1-2,4-8H3/b20-19+/t22-,23-,30+,31-,32-,33-,34+,40+/m0/s1. The van der Waals surface area contributed by atoms with E-state index in [9.17, 15) is 33.6 Å². The Morgan fingerprint density at radius 3 is 1.67 bits per heavy atom. The fourth-order valence-electron chi connectivity index (χ4n) is 6.95. The minimum absolute atomic E-state index is 0.0704. The zero-order valence-electron chi connectivity index (χ0n) is 30.3. The van der Waals surface area contributed by atoms with Crippen LogP contribution in [0.5, 0.6) is 0 Å². The average Bonchev–Trinajstić information content (AvgIpc) is 3.36. The van der Waals surface area contributed by atoms with Gasteiger partial charge in [0.1, 0.15) is 12.2 Å². The van der Waals surface area contributed by atoms with Crippen molar-refractivity contribution in [3.8, 4) is 0 Å². The number of carbonyl (C=O) groups is 7. The molecule has 0 N–H and O–H groups in total. The average molecular weight is 717 g/mol. The van der Waals surface area contributed by atoms with Crippen molar-refractivity contribution < 1.29 is 57.2 Å². The van der Waals surface area contributed by atoms with Crippen LogP contribution in [-0.2, 0) is 47.7 Å².